The lowest BCUT2D eigenvalue weighted by atomic mass is 9.96. The zero-order valence-corrected chi connectivity index (χ0v) is 16.7. The number of hydrogen-bond acceptors (Lipinski definition) is 4. The number of hydrogen-bond donors (Lipinski definition) is 1. The molecule has 0 aliphatic rings. The molecule has 2 aromatic carbocycles. The van der Waals surface area contributed by atoms with Gasteiger partial charge in [0.1, 0.15) is 0 Å². The average molecular weight is 379 g/mol. The molecule has 0 unspecified atom stereocenters. The number of allylic oxidation sites excluding steroid dienone is 1. The van der Waals surface area contributed by atoms with Gasteiger partial charge in [0, 0.05) is 33.8 Å². The first-order valence-corrected chi connectivity index (χ1v) is 9.24. The summed E-state index contributed by atoms with van der Waals surface area (Å²) in [5.41, 5.74) is 3.29. The summed E-state index contributed by atoms with van der Waals surface area (Å²) in [6.45, 7) is 2.06. The second-order valence-corrected chi connectivity index (χ2v) is 6.45. The van der Waals surface area contributed by atoms with E-state index in [1.807, 2.05) is 36.5 Å². The number of fused-ring (bicyclic) bond motifs is 1. The molecule has 146 valence electrons. The van der Waals surface area contributed by atoms with Crippen LogP contribution in [-0.2, 0) is 0 Å². The van der Waals surface area contributed by atoms with E-state index in [1.54, 1.807) is 33.5 Å². The number of benzene rings is 2. The number of carbonyl (C=O) groups excluding carboxylic acids is 1. The highest BCUT2D eigenvalue weighted by atomic mass is 16.5. The fraction of sp³-hybridized carbons (Fsp3) is 0.261. The molecule has 0 radical (unpaired) electrons. The van der Waals surface area contributed by atoms with E-state index >= 15 is 0 Å². The Kier molecular flexibility index (Phi) is 6.04. The minimum atomic E-state index is -0.0496. The van der Waals surface area contributed by atoms with Crippen molar-refractivity contribution >= 4 is 22.8 Å². The number of ketones is 1. The zero-order valence-electron chi connectivity index (χ0n) is 16.7. The normalized spacial score (nSPS) is 11.5. The quantitative estimate of drug-likeness (QED) is 0.428. The number of ether oxygens (including phenoxy) is 3. The lowest BCUT2D eigenvalue weighted by Gasteiger charge is -2.14. The molecule has 0 bridgehead atoms. The summed E-state index contributed by atoms with van der Waals surface area (Å²) in [5, 5.41) is 1.09. The molecule has 0 saturated carbocycles. The van der Waals surface area contributed by atoms with Crippen LogP contribution in [0.15, 0.2) is 48.2 Å². The number of rotatable bonds is 8. The number of methoxy groups -OCH3 is 3. The van der Waals surface area contributed by atoms with Crippen LogP contribution in [0.2, 0.25) is 0 Å². The molecule has 0 saturated heterocycles. The molecule has 1 N–H and O–H groups in total. The van der Waals surface area contributed by atoms with Crippen molar-refractivity contribution in [2.24, 2.45) is 0 Å². The minimum Gasteiger partial charge on any atom is -0.493 e. The lowest BCUT2D eigenvalue weighted by molar-refractivity contribution is 0.103. The zero-order chi connectivity index (χ0) is 20.1. The van der Waals surface area contributed by atoms with Gasteiger partial charge >= 0.3 is 0 Å². The molecule has 5 heteroatoms. The molecule has 0 fully saturated rings. The van der Waals surface area contributed by atoms with E-state index in [0.717, 1.165) is 28.5 Å². The standard InChI is InChI=1S/C23H25NO4/c1-5-8-15(11-17-14-24-19-10-7-6-9-18(17)19)22(25)16-12-20(26-2)23(28-4)21(13-16)27-3/h6-7,9-14,24H,5,8H2,1-4H3. The van der Waals surface area contributed by atoms with Gasteiger partial charge in [-0.25, -0.2) is 0 Å². The van der Waals surface area contributed by atoms with Crippen LogP contribution in [0.1, 0.15) is 35.7 Å². The van der Waals surface area contributed by atoms with E-state index in [0.29, 0.717) is 29.2 Å². The Hall–Kier alpha value is -3.21. The number of H-pyrrole nitrogens is 1. The van der Waals surface area contributed by atoms with Gasteiger partial charge in [0.05, 0.1) is 21.3 Å². The van der Waals surface area contributed by atoms with Crippen molar-refractivity contribution in [1.82, 2.24) is 4.98 Å². The number of nitrogens with one attached hydrogen (secondary N) is 1. The Balaban J connectivity index is 2.06. The maximum atomic E-state index is 13.3. The molecule has 0 aliphatic carbocycles. The first-order valence-electron chi connectivity index (χ1n) is 9.24. The largest absolute Gasteiger partial charge is 0.493 e. The number of aromatic amines is 1. The second-order valence-electron chi connectivity index (χ2n) is 6.45. The lowest BCUT2D eigenvalue weighted by Crippen LogP contribution is -2.06. The van der Waals surface area contributed by atoms with E-state index in [1.165, 1.54) is 0 Å². The van der Waals surface area contributed by atoms with Crippen LogP contribution in [0.5, 0.6) is 17.2 Å². The Bertz CT molecular complexity index is 991. The third-order valence-electron chi connectivity index (χ3n) is 4.69. The van der Waals surface area contributed by atoms with Gasteiger partial charge in [0.15, 0.2) is 17.3 Å². The molecule has 3 rings (SSSR count). The summed E-state index contributed by atoms with van der Waals surface area (Å²) in [4.78, 5) is 16.6. The van der Waals surface area contributed by atoms with Gasteiger partial charge < -0.3 is 19.2 Å². The van der Waals surface area contributed by atoms with E-state index in [4.69, 9.17) is 14.2 Å². The molecular formula is C23H25NO4. The van der Waals surface area contributed by atoms with E-state index in [9.17, 15) is 4.79 Å². The smallest absolute Gasteiger partial charge is 0.203 e. The van der Waals surface area contributed by atoms with Crippen LogP contribution in [0.4, 0.5) is 0 Å². The molecule has 5 nitrogen and oxygen atoms in total. The summed E-state index contributed by atoms with van der Waals surface area (Å²) in [6.07, 6.45) is 5.44. The molecule has 0 aliphatic heterocycles. The van der Waals surface area contributed by atoms with E-state index in [2.05, 4.69) is 11.9 Å². The average Bonchev–Trinajstić information content (AvgIpc) is 3.14. The predicted molar refractivity (Wildman–Crippen MR) is 112 cm³/mol. The van der Waals surface area contributed by atoms with Gasteiger partial charge in [0.2, 0.25) is 5.75 Å². The van der Waals surface area contributed by atoms with E-state index < -0.39 is 0 Å². The number of Topliss-reactive ketones (excluding diaryl/α,β-unsaturated/α-hetero) is 1. The minimum absolute atomic E-state index is 0.0496. The summed E-state index contributed by atoms with van der Waals surface area (Å²) in [5.74, 6) is 1.35. The maximum Gasteiger partial charge on any atom is 0.203 e. The third-order valence-corrected chi connectivity index (χ3v) is 4.69. The van der Waals surface area contributed by atoms with Crippen molar-refractivity contribution in [2.45, 2.75) is 19.8 Å². The fourth-order valence-electron chi connectivity index (χ4n) is 3.32. The SMILES string of the molecule is CCCC(=Cc1c[nH]c2ccccc12)C(=O)c1cc(OC)c(OC)c(OC)c1. The van der Waals surface area contributed by atoms with Crippen molar-refractivity contribution in [2.75, 3.05) is 21.3 Å². The van der Waals surface area contributed by atoms with Gasteiger partial charge in [-0.3, -0.25) is 4.79 Å². The van der Waals surface area contributed by atoms with Crippen LogP contribution >= 0.6 is 0 Å². The summed E-state index contributed by atoms with van der Waals surface area (Å²) >= 11 is 0. The van der Waals surface area contributed by atoms with Crippen molar-refractivity contribution in [3.8, 4) is 17.2 Å². The summed E-state index contributed by atoms with van der Waals surface area (Å²) < 4.78 is 16.1. The van der Waals surface area contributed by atoms with Crippen LogP contribution in [0.25, 0.3) is 17.0 Å². The van der Waals surface area contributed by atoms with Gasteiger partial charge in [-0.1, -0.05) is 31.5 Å². The van der Waals surface area contributed by atoms with E-state index in [-0.39, 0.29) is 5.78 Å². The highest BCUT2D eigenvalue weighted by Crippen LogP contribution is 2.39. The van der Waals surface area contributed by atoms with Gasteiger partial charge in [-0.2, -0.15) is 0 Å². The van der Waals surface area contributed by atoms with Crippen LogP contribution in [0.3, 0.4) is 0 Å². The molecule has 1 aromatic heterocycles. The predicted octanol–water partition coefficient (Wildman–Crippen LogP) is 5.26. The van der Waals surface area contributed by atoms with Gasteiger partial charge in [-0.15, -0.1) is 0 Å². The molecule has 0 amide bonds. The van der Waals surface area contributed by atoms with Crippen LogP contribution < -0.4 is 14.2 Å². The van der Waals surface area contributed by atoms with Crippen LogP contribution in [-0.4, -0.2) is 32.1 Å². The third kappa shape index (κ3) is 3.74. The second kappa shape index (κ2) is 8.65. The molecule has 0 atom stereocenters. The summed E-state index contributed by atoms with van der Waals surface area (Å²) in [7, 11) is 4.63. The number of carbonyl (C=O) groups is 1. The Morgan fingerprint density at radius 2 is 1.71 bits per heavy atom. The molecule has 1 heterocycles. The highest BCUT2D eigenvalue weighted by Gasteiger charge is 2.19. The topological polar surface area (TPSA) is 60.6 Å². The monoisotopic (exact) mass is 379 g/mol. The fourth-order valence-corrected chi connectivity index (χ4v) is 3.32. The van der Waals surface area contributed by atoms with Crippen LogP contribution in [0, 0.1) is 0 Å². The first-order chi connectivity index (χ1) is 13.6. The highest BCUT2D eigenvalue weighted by molar-refractivity contribution is 6.12. The number of para-hydroxylation sites is 1. The van der Waals surface area contributed by atoms with Gasteiger partial charge in [0.25, 0.3) is 0 Å². The molecule has 3 aromatic rings. The number of aromatic nitrogens is 1. The van der Waals surface area contributed by atoms with Crippen molar-refractivity contribution in [3.63, 3.8) is 0 Å². The Labute approximate surface area is 164 Å². The first kappa shape index (κ1) is 19.5. The Morgan fingerprint density at radius 3 is 2.32 bits per heavy atom. The Morgan fingerprint density at radius 1 is 1.04 bits per heavy atom. The summed E-state index contributed by atoms with van der Waals surface area (Å²) in [6, 6.07) is 11.4. The molecule has 28 heavy (non-hydrogen) atoms. The van der Waals surface area contributed by atoms with Gasteiger partial charge in [-0.05, 0) is 30.7 Å². The molecular weight excluding hydrogens is 354 g/mol. The van der Waals surface area contributed by atoms with Crippen molar-refractivity contribution in [3.05, 3.63) is 59.3 Å². The van der Waals surface area contributed by atoms with Crippen molar-refractivity contribution < 1.29 is 19.0 Å². The maximum absolute atomic E-state index is 13.3. The van der Waals surface area contributed by atoms with Crippen molar-refractivity contribution in [1.29, 1.82) is 0 Å². The molecule has 0 spiro atoms.